The Morgan fingerprint density at radius 1 is 1.27 bits per heavy atom. The van der Waals surface area contributed by atoms with Crippen molar-refractivity contribution in [2.75, 3.05) is 6.61 Å². The number of hydrogen-bond acceptors (Lipinski definition) is 2. The molecule has 3 unspecified atom stereocenters. The van der Waals surface area contributed by atoms with Gasteiger partial charge in [-0.1, -0.05) is 19.8 Å². The van der Waals surface area contributed by atoms with Gasteiger partial charge in [-0.3, -0.25) is 0 Å². The summed E-state index contributed by atoms with van der Waals surface area (Å²) in [6.45, 7) is 2.71. The molecule has 0 aromatic heterocycles. The second-order valence-electron chi connectivity index (χ2n) is 5.59. The molecule has 0 aliphatic heterocycles. The monoisotopic (exact) mass is 211 g/mol. The molecule has 2 rings (SSSR count). The zero-order valence-corrected chi connectivity index (χ0v) is 9.91. The average molecular weight is 211 g/mol. The van der Waals surface area contributed by atoms with Crippen LogP contribution in [0.2, 0.25) is 0 Å². The second-order valence-corrected chi connectivity index (χ2v) is 5.59. The van der Waals surface area contributed by atoms with E-state index < -0.39 is 0 Å². The van der Waals surface area contributed by atoms with E-state index in [1.165, 1.54) is 38.5 Å². The van der Waals surface area contributed by atoms with Crippen LogP contribution in [-0.2, 0) is 0 Å². The van der Waals surface area contributed by atoms with E-state index in [-0.39, 0.29) is 0 Å². The molecule has 2 N–H and O–H groups in total. The molecule has 2 aliphatic carbocycles. The molecule has 0 radical (unpaired) electrons. The van der Waals surface area contributed by atoms with Crippen molar-refractivity contribution in [3.05, 3.63) is 0 Å². The smallest absolute Gasteiger partial charge is 0.0445 e. The molecule has 0 aromatic carbocycles. The standard InChI is InChI=1S/C13H25NO/c1-10-3-2-4-12(9-10)14-13(7-8-15)11-5-6-11/h10-15H,2-9H2,1H3. The summed E-state index contributed by atoms with van der Waals surface area (Å²) in [5.74, 6) is 1.76. The van der Waals surface area contributed by atoms with Crippen LogP contribution in [0.4, 0.5) is 0 Å². The molecule has 0 aromatic rings. The van der Waals surface area contributed by atoms with Crippen molar-refractivity contribution < 1.29 is 5.11 Å². The van der Waals surface area contributed by atoms with Gasteiger partial charge >= 0.3 is 0 Å². The fourth-order valence-electron chi connectivity index (χ4n) is 2.98. The fourth-order valence-corrected chi connectivity index (χ4v) is 2.98. The van der Waals surface area contributed by atoms with Gasteiger partial charge in [0.15, 0.2) is 0 Å². The van der Waals surface area contributed by atoms with Gasteiger partial charge in [0.25, 0.3) is 0 Å². The molecule has 2 fully saturated rings. The zero-order chi connectivity index (χ0) is 10.7. The Morgan fingerprint density at radius 3 is 2.67 bits per heavy atom. The lowest BCUT2D eigenvalue weighted by Gasteiger charge is -2.31. The summed E-state index contributed by atoms with van der Waals surface area (Å²) in [4.78, 5) is 0. The van der Waals surface area contributed by atoms with Crippen LogP contribution in [0, 0.1) is 11.8 Å². The highest BCUT2D eigenvalue weighted by atomic mass is 16.3. The molecule has 3 atom stereocenters. The molecule has 15 heavy (non-hydrogen) atoms. The summed E-state index contributed by atoms with van der Waals surface area (Å²) in [5.41, 5.74) is 0. The quantitative estimate of drug-likeness (QED) is 0.731. The number of aliphatic hydroxyl groups is 1. The third-order valence-electron chi connectivity index (χ3n) is 4.02. The van der Waals surface area contributed by atoms with Crippen LogP contribution in [0.5, 0.6) is 0 Å². The van der Waals surface area contributed by atoms with E-state index in [1.54, 1.807) is 0 Å². The van der Waals surface area contributed by atoms with E-state index in [4.69, 9.17) is 5.11 Å². The highest BCUT2D eigenvalue weighted by molar-refractivity contribution is 4.89. The molecule has 88 valence electrons. The van der Waals surface area contributed by atoms with Gasteiger partial charge < -0.3 is 10.4 Å². The highest BCUT2D eigenvalue weighted by Crippen LogP contribution is 2.35. The molecule has 0 saturated heterocycles. The van der Waals surface area contributed by atoms with E-state index in [2.05, 4.69) is 12.2 Å². The van der Waals surface area contributed by atoms with E-state index in [1.807, 2.05) is 0 Å². The minimum absolute atomic E-state index is 0.344. The molecular formula is C13H25NO. The van der Waals surface area contributed by atoms with Crippen molar-refractivity contribution in [3.63, 3.8) is 0 Å². The molecule has 0 amide bonds. The van der Waals surface area contributed by atoms with Gasteiger partial charge in [0.2, 0.25) is 0 Å². The largest absolute Gasteiger partial charge is 0.396 e. The zero-order valence-electron chi connectivity index (χ0n) is 9.91. The predicted molar refractivity (Wildman–Crippen MR) is 62.8 cm³/mol. The predicted octanol–water partition coefficient (Wildman–Crippen LogP) is 2.32. The van der Waals surface area contributed by atoms with Gasteiger partial charge in [-0.25, -0.2) is 0 Å². The van der Waals surface area contributed by atoms with Gasteiger partial charge in [0.1, 0.15) is 0 Å². The molecule has 2 saturated carbocycles. The lowest BCUT2D eigenvalue weighted by Crippen LogP contribution is -2.42. The van der Waals surface area contributed by atoms with E-state index in [0.29, 0.717) is 12.6 Å². The minimum atomic E-state index is 0.344. The summed E-state index contributed by atoms with van der Waals surface area (Å²) in [5, 5.41) is 12.8. The molecular weight excluding hydrogens is 186 g/mol. The third kappa shape index (κ3) is 3.46. The van der Waals surface area contributed by atoms with Crippen molar-refractivity contribution in [2.24, 2.45) is 11.8 Å². The van der Waals surface area contributed by atoms with Crippen LogP contribution in [0.1, 0.15) is 51.9 Å². The second kappa shape index (κ2) is 5.31. The Morgan fingerprint density at radius 2 is 2.07 bits per heavy atom. The van der Waals surface area contributed by atoms with Gasteiger partial charge in [0, 0.05) is 18.7 Å². The van der Waals surface area contributed by atoms with Gasteiger partial charge in [0.05, 0.1) is 0 Å². The average Bonchev–Trinajstić information content (AvgIpc) is 3.00. The summed E-state index contributed by atoms with van der Waals surface area (Å²) >= 11 is 0. The van der Waals surface area contributed by atoms with Crippen LogP contribution >= 0.6 is 0 Å². The lowest BCUT2D eigenvalue weighted by atomic mass is 9.86. The first-order valence-corrected chi connectivity index (χ1v) is 6.66. The van der Waals surface area contributed by atoms with Crippen LogP contribution in [0.15, 0.2) is 0 Å². The molecule has 0 bridgehead atoms. The first-order chi connectivity index (χ1) is 7.29. The number of aliphatic hydroxyl groups excluding tert-OH is 1. The number of rotatable bonds is 5. The number of hydrogen-bond donors (Lipinski definition) is 2. The summed E-state index contributed by atoms with van der Waals surface area (Å²) in [7, 11) is 0. The maximum Gasteiger partial charge on any atom is 0.0445 e. The molecule has 0 spiro atoms. The Labute approximate surface area is 93.5 Å². The van der Waals surface area contributed by atoms with Crippen molar-refractivity contribution >= 4 is 0 Å². The topological polar surface area (TPSA) is 32.3 Å². The normalized spacial score (nSPS) is 34.0. The maximum absolute atomic E-state index is 9.05. The van der Waals surface area contributed by atoms with Crippen LogP contribution in [-0.4, -0.2) is 23.8 Å². The van der Waals surface area contributed by atoms with Crippen molar-refractivity contribution in [1.82, 2.24) is 5.32 Å². The Bertz CT molecular complexity index is 191. The van der Waals surface area contributed by atoms with E-state index in [0.717, 1.165) is 24.3 Å². The van der Waals surface area contributed by atoms with Crippen molar-refractivity contribution in [1.29, 1.82) is 0 Å². The molecule has 2 aliphatic rings. The van der Waals surface area contributed by atoms with Crippen LogP contribution in [0.25, 0.3) is 0 Å². The van der Waals surface area contributed by atoms with Gasteiger partial charge in [-0.05, 0) is 43.9 Å². The van der Waals surface area contributed by atoms with Gasteiger partial charge in [-0.2, -0.15) is 0 Å². The Balaban J connectivity index is 1.77. The van der Waals surface area contributed by atoms with E-state index >= 15 is 0 Å². The third-order valence-corrected chi connectivity index (χ3v) is 4.02. The molecule has 0 heterocycles. The van der Waals surface area contributed by atoms with Crippen molar-refractivity contribution in [3.8, 4) is 0 Å². The first-order valence-electron chi connectivity index (χ1n) is 6.66. The summed E-state index contributed by atoms with van der Waals surface area (Å²) in [6.07, 6.45) is 9.19. The maximum atomic E-state index is 9.05. The molecule has 2 nitrogen and oxygen atoms in total. The van der Waals surface area contributed by atoms with Crippen LogP contribution < -0.4 is 5.32 Å². The summed E-state index contributed by atoms with van der Waals surface area (Å²) < 4.78 is 0. The first kappa shape index (κ1) is 11.4. The van der Waals surface area contributed by atoms with Gasteiger partial charge in [-0.15, -0.1) is 0 Å². The Kier molecular flexibility index (Phi) is 4.04. The number of nitrogens with one attached hydrogen (secondary N) is 1. The highest BCUT2D eigenvalue weighted by Gasteiger charge is 2.32. The minimum Gasteiger partial charge on any atom is -0.396 e. The SMILES string of the molecule is CC1CCCC(NC(CCO)C2CC2)C1. The lowest BCUT2D eigenvalue weighted by molar-refractivity contribution is 0.224. The van der Waals surface area contributed by atoms with E-state index in [9.17, 15) is 0 Å². The molecule has 2 heteroatoms. The Hall–Kier alpha value is -0.0800. The van der Waals surface area contributed by atoms with Crippen LogP contribution in [0.3, 0.4) is 0 Å². The fraction of sp³-hybridized carbons (Fsp3) is 1.00. The van der Waals surface area contributed by atoms with Crippen molar-refractivity contribution in [2.45, 2.75) is 64.0 Å². The summed E-state index contributed by atoms with van der Waals surface area (Å²) in [6, 6.07) is 1.33.